The quantitative estimate of drug-likeness (QED) is 0.857. The van der Waals surface area contributed by atoms with Crippen LogP contribution < -0.4 is 5.32 Å². The highest BCUT2D eigenvalue weighted by molar-refractivity contribution is 7.12. The van der Waals surface area contributed by atoms with Crippen LogP contribution in [-0.2, 0) is 17.8 Å². The first kappa shape index (κ1) is 14.0. The van der Waals surface area contributed by atoms with Gasteiger partial charge in [0.05, 0.1) is 6.10 Å². The molecule has 2 heterocycles. The Morgan fingerprint density at radius 1 is 1.56 bits per heavy atom. The van der Waals surface area contributed by atoms with Crippen LogP contribution in [0.5, 0.6) is 0 Å². The van der Waals surface area contributed by atoms with Crippen LogP contribution in [0.15, 0.2) is 6.07 Å². The van der Waals surface area contributed by atoms with Gasteiger partial charge < -0.3 is 10.1 Å². The van der Waals surface area contributed by atoms with Gasteiger partial charge in [-0.05, 0) is 31.5 Å². The third kappa shape index (κ3) is 3.54. The molecule has 1 saturated heterocycles. The molecule has 0 radical (unpaired) electrons. The van der Waals surface area contributed by atoms with Crippen molar-refractivity contribution in [1.29, 1.82) is 0 Å². The van der Waals surface area contributed by atoms with E-state index >= 15 is 0 Å². The molecular formula is C14H24N2OS. The molecule has 4 heteroatoms. The maximum atomic E-state index is 5.42. The summed E-state index contributed by atoms with van der Waals surface area (Å²) in [6.45, 7) is 9.74. The molecule has 1 aliphatic heterocycles. The normalized spacial score (nSPS) is 20.7. The minimum Gasteiger partial charge on any atom is -0.380 e. The first-order valence-corrected chi connectivity index (χ1v) is 7.58. The summed E-state index contributed by atoms with van der Waals surface area (Å²) < 4.78 is 5.42. The van der Waals surface area contributed by atoms with E-state index in [9.17, 15) is 0 Å². The lowest BCUT2D eigenvalue weighted by atomic mass is 10.2. The Hall–Kier alpha value is -0.420. The standard InChI is InChI=1S/C14H24N2OS/c1-4-15-8-14-7-12(11(2)18-14)9-16-6-5-13(10-16)17-3/h7,13,15H,4-6,8-10H2,1-3H3. The Bertz CT molecular complexity index is 378. The smallest absolute Gasteiger partial charge is 0.0710 e. The summed E-state index contributed by atoms with van der Waals surface area (Å²) in [4.78, 5) is 5.41. The lowest BCUT2D eigenvalue weighted by molar-refractivity contribution is 0.107. The van der Waals surface area contributed by atoms with Crippen molar-refractivity contribution in [2.75, 3.05) is 26.7 Å². The number of methoxy groups -OCH3 is 1. The van der Waals surface area contributed by atoms with Crippen LogP contribution >= 0.6 is 11.3 Å². The highest BCUT2D eigenvalue weighted by atomic mass is 32.1. The molecule has 18 heavy (non-hydrogen) atoms. The van der Waals surface area contributed by atoms with Gasteiger partial charge in [0.1, 0.15) is 0 Å². The van der Waals surface area contributed by atoms with Crippen molar-refractivity contribution in [2.24, 2.45) is 0 Å². The molecule has 1 unspecified atom stereocenters. The van der Waals surface area contributed by atoms with Gasteiger partial charge in [0.2, 0.25) is 0 Å². The van der Waals surface area contributed by atoms with E-state index in [1.807, 2.05) is 18.4 Å². The zero-order valence-electron chi connectivity index (χ0n) is 11.7. The molecule has 102 valence electrons. The molecule has 0 aliphatic carbocycles. The van der Waals surface area contributed by atoms with Gasteiger partial charge >= 0.3 is 0 Å². The third-order valence-electron chi connectivity index (χ3n) is 3.58. The van der Waals surface area contributed by atoms with Gasteiger partial charge in [-0.25, -0.2) is 0 Å². The predicted molar refractivity (Wildman–Crippen MR) is 77.1 cm³/mol. The number of ether oxygens (including phenoxy) is 1. The van der Waals surface area contributed by atoms with Crippen molar-refractivity contribution in [2.45, 2.75) is 39.5 Å². The minimum absolute atomic E-state index is 0.435. The lowest BCUT2D eigenvalue weighted by Crippen LogP contribution is -2.22. The van der Waals surface area contributed by atoms with Gasteiger partial charge in [0, 0.05) is 43.0 Å². The third-order valence-corrected chi connectivity index (χ3v) is 4.67. The fourth-order valence-electron chi connectivity index (χ4n) is 2.45. The molecule has 2 rings (SSSR count). The van der Waals surface area contributed by atoms with Gasteiger partial charge in [-0.3, -0.25) is 4.90 Å². The molecule has 0 bridgehead atoms. The van der Waals surface area contributed by atoms with Crippen LogP contribution in [0.1, 0.15) is 28.7 Å². The molecule has 0 aromatic carbocycles. The largest absolute Gasteiger partial charge is 0.380 e. The molecule has 1 N–H and O–H groups in total. The summed E-state index contributed by atoms with van der Waals surface area (Å²) in [5, 5.41) is 3.39. The zero-order chi connectivity index (χ0) is 13.0. The molecule has 1 atom stereocenters. The van der Waals surface area contributed by atoms with E-state index in [0.29, 0.717) is 6.10 Å². The highest BCUT2D eigenvalue weighted by Crippen LogP contribution is 2.24. The highest BCUT2D eigenvalue weighted by Gasteiger charge is 2.22. The fraction of sp³-hybridized carbons (Fsp3) is 0.714. The Morgan fingerprint density at radius 3 is 3.06 bits per heavy atom. The van der Waals surface area contributed by atoms with Crippen LogP contribution in [0.4, 0.5) is 0 Å². The summed E-state index contributed by atoms with van der Waals surface area (Å²) in [5.74, 6) is 0. The van der Waals surface area contributed by atoms with Gasteiger partial charge in [-0.1, -0.05) is 6.92 Å². The molecule has 1 aliphatic rings. The second-order valence-electron chi connectivity index (χ2n) is 4.96. The fourth-order valence-corrected chi connectivity index (χ4v) is 3.48. The predicted octanol–water partition coefficient (Wildman–Crippen LogP) is 2.39. The number of nitrogens with zero attached hydrogens (tertiary/aromatic N) is 1. The number of aryl methyl sites for hydroxylation is 1. The summed E-state index contributed by atoms with van der Waals surface area (Å²) in [5.41, 5.74) is 1.49. The SMILES string of the molecule is CCNCc1cc(CN2CCC(OC)C2)c(C)s1. The summed E-state index contributed by atoms with van der Waals surface area (Å²) >= 11 is 1.92. The second-order valence-corrected chi connectivity index (χ2v) is 6.30. The zero-order valence-corrected chi connectivity index (χ0v) is 12.5. The number of hydrogen-bond donors (Lipinski definition) is 1. The number of thiophene rings is 1. The van der Waals surface area contributed by atoms with E-state index in [0.717, 1.165) is 32.7 Å². The molecule has 0 amide bonds. The Kier molecular flexibility index (Phi) is 5.18. The van der Waals surface area contributed by atoms with Crippen molar-refractivity contribution in [3.63, 3.8) is 0 Å². The lowest BCUT2D eigenvalue weighted by Gasteiger charge is -2.15. The van der Waals surface area contributed by atoms with Crippen LogP contribution in [0, 0.1) is 6.92 Å². The van der Waals surface area contributed by atoms with E-state index in [1.54, 1.807) is 0 Å². The van der Waals surface area contributed by atoms with Crippen molar-refractivity contribution in [3.8, 4) is 0 Å². The number of rotatable bonds is 6. The number of nitrogens with one attached hydrogen (secondary N) is 1. The summed E-state index contributed by atoms with van der Waals surface area (Å²) in [6, 6.07) is 2.36. The maximum Gasteiger partial charge on any atom is 0.0710 e. The first-order valence-electron chi connectivity index (χ1n) is 6.77. The van der Waals surface area contributed by atoms with Crippen LogP contribution in [0.2, 0.25) is 0 Å². The van der Waals surface area contributed by atoms with Gasteiger partial charge in [0.25, 0.3) is 0 Å². The van der Waals surface area contributed by atoms with Crippen molar-refractivity contribution < 1.29 is 4.74 Å². The van der Waals surface area contributed by atoms with Crippen molar-refractivity contribution >= 4 is 11.3 Å². The molecule has 1 aromatic heterocycles. The average molecular weight is 268 g/mol. The van der Waals surface area contributed by atoms with E-state index in [2.05, 4.69) is 30.1 Å². The van der Waals surface area contributed by atoms with Gasteiger partial charge in [-0.2, -0.15) is 0 Å². The van der Waals surface area contributed by atoms with E-state index in [1.165, 1.54) is 21.7 Å². The van der Waals surface area contributed by atoms with Crippen molar-refractivity contribution in [3.05, 3.63) is 21.4 Å². The minimum atomic E-state index is 0.435. The van der Waals surface area contributed by atoms with Crippen LogP contribution in [0.25, 0.3) is 0 Å². The summed E-state index contributed by atoms with van der Waals surface area (Å²) in [7, 11) is 1.82. The van der Waals surface area contributed by atoms with Gasteiger partial charge in [0.15, 0.2) is 0 Å². The molecule has 1 fully saturated rings. The summed E-state index contributed by atoms with van der Waals surface area (Å²) in [6.07, 6.45) is 1.61. The van der Waals surface area contributed by atoms with Gasteiger partial charge in [-0.15, -0.1) is 11.3 Å². The topological polar surface area (TPSA) is 24.5 Å². The second kappa shape index (κ2) is 6.66. The van der Waals surface area contributed by atoms with E-state index in [4.69, 9.17) is 4.74 Å². The Labute approximate surface area is 114 Å². The molecule has 0 spiro atoms. The maximum absolute atomic E-state index is 5.42. The number of hydrogen-bond acceptors (Lipinski definition) is 4. The van der Waals surface area contributed by atoms with E-state index < -0.39 is 0 Å². The molecular weight excluding hydrogens is 244 g/mol. The van der Waals surface area contributed by atoms with Crippen LogP contribution in [-0.4, -0.2) is 37.7 Å². The van der Waals surface area contributed by atoms with E-state index in [-0.39, 0.29) is 0 Å². The molecule has 0 saturated carbocycles. The molecule has 3 nitrogen and oxygen atoms in total. The first-order chi connectivity index (χ1) is 8.72. The average Bonchev–Trinajstić information content (AvgIpc) is 2.95. The Morgan fingerprint density at radius 2 is 2.39 bits per heavy atom. The number of likely N-dealkylation sites (tertiary alicyclic amines) is 1. The Balaban J connectivity index is 1.91. The van der Waals surface area contributed by atoms with Crippen molar-refractivity contribution in [1.82, 2.24) is 10.2 Å². The van der Waals surface area contributed by atoms with Crippen LogP contribution in [0.3, 0.4) is 0 Å². The monoisotopic (exact) mass is 268 g/mol. The molecule has 1 aromatic rings.